The van der Waals surface area contributed by atoms with Gasteiger partial charge < -0.3 is 0 Å². The van der Waals surface area contributed by atoms with E-state index >= 15 is 0 Å². The number of hydrazine groups is 1. The molecule has 0 unspecified atom stereocenters. The molecule has 30 heavy (non-hydrogen) atoms. The van der Waals surface area contributed by atoms with Crippen LogP contribution in [0.5, 0.6) is 0 Å². The second-order valence-corrected chi connectivity index (χ2v) is 6.99. The van der Waals surface area contributed by atoms with Crippen LogP contribution < -0.4 is 10.9 Å². The fraction of sp³-hybridized carbons (Fsp3) is 0.130. The maximum atomic E-state index is 13.0. The summed E-state index contributed by atoms with van der Waals surface area (Å²) in [4.78, 5) is 21.5. The summed E-state index contributed by atoms with van der Waals surface area (Å²) in [5.41, 5.74) is 10.2. The van der Waals surface area contributed by atoms with Gasteiger partial charge in [-0.2, -0.15) is 5.10 Å². The first-order chi connectivity index (χ1) is 14.6. The summed E-state index contributed by atoms with van der Waals surface area (Å²) in [6.07, 6.45) is 1.76. The van der Waals surface area contributed by atoms with Crippen molar-refractivity contribution in [3.05, 3.63) is 95.4 Å². The number of amides is 1. The maximum absolute atomic E-state index is 13.0. The van der Waals surface area contributed by atoms with Gasteiger partial charge in [-0.1, -0.05) is 60.7 Å². The summed E-state index contributed by atoms with van der Waals surface area (Å²) in [6.45, 7) is 4.33. The number of anilines is 1. The number of carbonyl (C=O) groups is 1. The molecule has 0 aliphatic carbocycles. The summed E-state index contributed by atoms with van der Waals surface area (Å²) in [7, 11) is 0. The molecule has 0 saturated carbocycles. The minimum absolute atomic E-state index is 0.309. The Hall–Kier alpha value is -4.00. The summed E-state index contributed by atoms with van der Waals surface area (Å²) in [5, 5.41) is 4.68. The van der Waals surface area contributed by atoms with E-state index in [1.165, 1.54) is 0 Å². The summed E-state index contributed by atoms with van der Waals surface area (Å²) in [6, 6.07) is 21.5. The van der Waals surface area contributed by atoms with E-state index in [1.54, 1.807) is 10.9 Å². The zero-order chi connectivity index (χ0) is 20.9. The Morgan fingerprint density at radius 1 is 0.933 bits per heavy atom. The SMILES string of the molecule is Cc1cc(C)nc(NNC(=O)c2cn(Cc3ccccc3)nc2-c2ccccc2)n1. The van der Waals surface area contributed by atoms with Gasteiger partial charge in [0.2, 0.25) is 5.95 Å². The Balaban J connectivity index is 1.60. The molecular formula is C23H22N6O. The molecule has 0 saturated heterocycles. The number of hydrogen-bond donors (Lipinski definition) is 2. The number of nitrogens with zero attached hydrogens (tertiary/aromatic N) is 4. The fourth-order valence-electron chi connectivity index (χ4n) is 3.21. The van der Waals surface area contributed by atoms with Crippen molar-refractivity contribution in [1.29, 1.82) is 0 Å². The highest BCUT2D eigenvalue weighted by Crippen LogP contribution is 2.22. The van der Waals surface area contributed by atoms with Gasteiger partial charge in [-0.25, -0.2) is 9.97 Å². The lowest BCUT2D eigenvalue weighted by molar-refractivity contribution is 0.0962. The average molecular weight is 398 g/mol. The molecule has 0 bridgehead atoms. The lowest BCUT2D eigenvalue weighted by atomic mass is 10.1. The standard InChI is InChI=1S/C23H22N6O/c1-16-13-17(2)25-23(24-16)27-26-22(30)20-15-29(14-18-9-5-3-6-10-18)28-21(20)19-11-7-4-8-12-19/h3-13,15H,14H2,1-2H3,(H,26,30)(H,24,25,27). The quantitative estimate of drug-likeness (QED) is 0.483. The molecule has 0 spiro atoms. The van der Waals surface area contributed by atoms with Crippen molar-refractivity contribution in [2.45, 2.75) is 20.4 Å². The van der Waals surface area contributed by atoms with Crippen LogP contribution in [0.3, 0.4) is 0 Å². The second-order valence-electron chi connectivity index (χ2n) is 6.99. The Morgan fingerprint density at radius 2 is 1.57 bits per heavy atom. The predicted molar refractivity (Wildman–Crippen MR) is 116 cm³/mol. The molecule has 0 fully saturated rings. The van der Waals surface area contributed by atoms with Crippen LogP contribution >= 0.6 is 0 Å². The summed E-state index contributed by atoms with van der Waals surface area (Å²) in [5.74, 6) is 0.0368. The van der Waals surface area contributed by atoms with Crippen LogP contribution in [-0.2, 0) is 6.54 Å². The highest BCUT2D eigenvalue weighted by atomic mass is 16.2. The Kier molecular flexibility index (Phi) is 5.52. The van der Waals surface area contributed by atoms with Gasteiger partial charge in [0, 0.05) is 23.1 Å². The first-order valence-electron chi connectivity index (χ1n) is 9.64. The van der Waals surface area contributed by atoms with Crippen LogP contribution in [0.1, 0.15) is 27.3 Å². The summed E-state index contributed by atoms with van der Waals surface area (Å²) < 4.78 is 1.78. The molecular weight excluding hydrogens is 376 g/mol. The van der Waals surface area contributed by atoms with Crippen molar-refractivity contribution in [2.75, 3.05) is 5.43 Å². The van der Waals surface area contributed by atoms with Gasteiger partial charge in [0.05, 0.1) is 12.1 Å². The van der Waals surface area contributed by atoms with E-state index in [-0.39, 0.29) is 5.91 Å². The van der Waals surface area contributed by atoms with E-state index in [0.29, 0.717) is 23.8 Å². The molecule has 2 N–H and O–H groups in total. The molecule has 0 aliphatic heterocycles. The highest BCUT2D eigenvalue weighted by molar-refractivity contribution is 6.00. The molecule has 2 aromatic heterocycles. The molecule has 0 aliphatic rings. The van der Waals surface area contributed by atoms with Crippen molar-refractivity contribution in [2.24, 2.45) is 0 Å². The van der Waals surface area contributed by atoms with Crippen LogP contribution in [0.25, 0.3) is 11.3 Å². The van der Waals surface area contributed by atoms with Crippen LogP contribution in [0, 0.1) is 13.8 Å². The maximum Gasteiger partial charge on any atom is 0.273 e. The van der Waals surface area contributed by atoms with E-state index in [9.17, 15) is 4.79 Å². The molecule has 7 nitrogen and oxygen atoms in total. The smallest absolute Gasteiger partial charge is 0.267 e. The molecule has 1 amide bonds. The molecule has 0 atom stereocenters. The molecule has 4 aromatic rings. The Morgan fingerprint density at radius 3 is 2.23 bits per heavy atom. The summed E-state index contributed by atoms with van der Waals surface area (Å²) >= 11 is 0. The van der Waals surface area contributed by atoms with Crippen molar-refractivity contribution in [3.8, 4) is 11.3 Å². The normalized spacial score (nSPS) is 10.6. The topological polar surface area (TPSA) is 84.7 Å². The third-order valence-corrected chi connectivity index (χ3v) is 4.51. The Labute approximate surface area is 174 Å². The van der Waals surface area contributed by atoms with Gasteiger partial charge in [-0.3, -0.25) is 20.3 Å². The lowest BCUT2D eigenvalue weighted by Gasteiger charge is -2.08. The number of benzene rings is 2. The number of aryl methyl sites for hydroxylation is 2. The van der Waals surface area contributed by atoms with Crippen LogP contribution in [0.15, 0.2) is 72.9 Å². The zero-order valence-electron chi connectivity index (χ0n) is 16.8. The first-order valence-corrected chi connectivity index (χ1v) is 9.64. The van der Waals surface area contributed by atoms with Crippen LogP contribution in [-0.4, -0.2) is 25.7 Å². The zero-order valence-corrected chi connectivity index (χ0v) is 16.8. The first kappa shape index (κ1) is 19.3. The number of aromatic nitrogens is 4. The second kappa shape index (κ2) is 8.57. The minimum atomic E-state index is -0.309. The van der Waals surface area contributed by atoms with Gasteiger partial charge in [0.25, 0.3) is 5.91 Å². The van der Waals surface area contributed by atoms with E-state index in [2.05, 4.69) is 25.9 Å². The predicted octanol–water partition coefficient (Wildman–Crippen LogP) is 3.76. The van der Waals surface area contributed by atoms with Crippen molar-refractivity contribution >= 4 is 11.9 Å². The van der Waals surface area contributed by atoms with E-state index < -0.39 is 0 Å². The molecule has 0 radical (unpaired) electrons. The lowest BCUT2D eigenvalue weighted by Crippen LogP contribution is -2.30. The van der Waals surface area contributed by atoms with Crippen molar-refractivity contribution in [3.63, 3.8) is 0 Å². The molecule has 7 heteroatoms. The third-order valence-electron chi connectivity index (χ3n) is 4.51. The van der Waals surface area contributed by atoms with E-state index in [0.717, 1.165) is 22.5 Å². The number of carbonyl (C=O) groups excluding carboxylic acids is 1. The van der Waals surface area contributed by atoms with Crippen molar-refractivity contribution in [1.82, 2.24) is 25.2 Å². The molecule has 2 aromatic carbocycles. The number of hydrogen-bond acceptors (Lipinski definition) is 5. The third kappa shape index (κ3) is 4.52. The van der Waals surface area contributed by atoms with Crippen LogP contribution in [0.2, 0.25) is 0 Å². The van der Waals surface area contributed by atoms with Crippen molar-refractivity contribution < 1.29 is 4.79 Å². The Bertz CT molecular complexity index is 1130. The molecule has 150 valence electrons. The van der Waals surface area contributed by atoms with Gasteiger partial charge >= 0.3 is 0 Å². The monoisotopic (exact) mass is 398 g/mol. The molecule has 2 heterocycles. The number of rotatable bonds is 6. The fourth-order valence-corrected chi connectivity index (χ4v) is 3.21. The van der Waals surface area contributed by atoms with Gasteiger partial charge in [0.15, 0.2) is 0 Å². The minimum Gasteiger partial charge on any atom is -0.267 e. The molecule has 4 rings (SSSR count). The van der Waals surface area contributed by atoms with E-state index in [4.69, 9.17) is 0 Å². The highest BCUT2D eigenvalue weighted by Gasteiger charge is 2.18. The van der Waals surface area contributed by atoms with Crippen LogP contribution in [0.4, 0.5) is 5.95 Å². The van der Waals surface area contributed by atoms with Gasteiger partial charge in [-0.15, -0.1) is 0 Å². The van der Waals surface area contributed by atoms with Gasteiger partial charge in [-0.05, 0) is 25.5 Å². The largest absolute Gasteiger partial charge is 0.273 e. The van der Waals surface area contributed by atoms with Gasteiger partial charge in [0.1, 0.15) is 5.69 Å². The number of nitrogens with one attached hydrogen (secondary N) is 2. The van der Waals surface area contributed by atoms with E-state index in [1.807, 2.05) is 80.6 Å². The average Bonchev–Trinajstić information content (AvgIpc) is 3.16.